The van der Waals surface area contributed by atoms with E-state index in [1.54, 1.807) is 4.57 Å². The van der Waals surface area contributed by atoms with Gasteiger partial charge in [-0.25, -0.2) is 4.98 Å². The number of anilines is 1. The fourth-order valence-corrected chi connectivity index (χ4v) is 2.86. The molecule has 0 saturated carbocycles. The van der Waals surface area contributed by atoms with Crippen LogP contribution < -0.4 is 15.8 Å². The third-order valence-electron chi connectivity index (χ3n) is 3.93. The minimum atomic E-state index is 0.118. The number of nitrogens with zero attached hydrogens (tertiary/aromatic N) is 3. The van der Waals surface area contributed by atoms with Gasteiger partial charge in [0, 0.05) is 39.6 Å². The molecule has 1 aromatic heterocycles. The second kappa shape index (κ2) is 4.72. The van der Waals surface area contributed by atoms with Crippen molar-refractivity contribution in [1.82, 2.24) is 14.9 Å². The number of piperidine rings is 1. The zero-order valence-electron chi connectivity index (χ0n) is 10.9. The highest BCUT2D eigenvalue weighted by Gasteiger charge is 2.21. The van der Waals surface area contributed by atoms with Crippen LogP contribution in [0.5, 0.6) is 0 Å². The van der Waals surface area contributed by atoms with Crippen LogP contribution in [-0.2, 0) is 20.0 Å². The molecule has 18 heavy (non-hydrogen) atoms. The summed E-state index contributed by atoms with van der Waals surface area (Å²) in [5.41, 5.74) is 1.97. The quantitative estimate of drug-likeness (QED) is 0.782. The fourth-order valence-electron chi connectivity index (χ4n) is 2.86. The number of aromatic nitrogens is 2. The summed E-state index contributed by atoms with van der Waals surface area (Å²) >= 11 is 0. The molecular formula is C13H20N4O. The molecule has 0 aliphatic carbocycles. The average Bonchev–Trinajstić information content (AvgIpc) is 2.44. The molecule has 5 nitrogen and oxygen atoms in total. The summed E-state index contributed by atoms with van der Waals surface area (Å²) in [5, 5.41) is 3.24. The molecule has 1 aromatic rings. The van der Waals surface area contributed by atoms with E-state index in [9.17, 15) is 4.79 Å². The average molecular weight is 248 g/mol. The lowest BCUT2D eigenvalue weighted by Gasteiger charge is -2.30. The van der Waals surface area contributed by atoms with E-state index in [0.29, 0.717) is 6.54 Å². The Morgan fingerprint density at radius 1 is 1.22 bits per heavy atom. The van der Waals surface area contributed by atoms with Gasteiger partial charge in [0.25, 0.3) is 5.56 Å². The van der Waals surface area contributed by atoms with Crippen molar-refractivity contribution in [2.45, 2.75) is 32.2 Å². The van der Waals surface area contributed by atoms with Gasteiger partial charge < -0.3 is 10.2 Å². The first kappa shape index (κ1) is 11.7. The van der Waals surface area contributed by atoms with Gasteiger partial charge in [0.2, 0.25) is 5.95 Å². The van der Waals surface area contributed by atoms with Crippen LogP contribution in [0.1, 0.15) is 30.5 Å². The summed E-state index contributed by atoms with van der Waals surface area (Å²) in [4.78, 5) is 19.3. The molecule has 1 N–H and O–H groups in total. The summed E-state index contributed by atoms with van der Waals surface area (Å²) < 4.78 is 1.72. The molecule has 98 valence electrons. The SMILES string of the molecule is Cn1c(N2CCCCC2)nc2c(c1=O)CNCC2. The van der Waals surface area contributed by atoms with Crippen LogP contribution in [0.2, 0.25) is 0 Å². The van der Waals surface area contributed by atoms with Crippen LogP contribution in [0, 0.1) is 0 Å². The monoisotopic (exact) mass is 248 g/mol. The zero-order valence-corrected chi connectivity index (χ0v) is 10.9. The van der Waals surface area contributed by atoms with E-state index in [1.165, 1.54) is 19.3 Å². The first-order valence-electron chi connectivity index (χ1n) is 6.82. The molecule has 0 bridgehead atoms. The van der Waals surface area contributed by atoms with Crippen LogP contribution in [0.3, 0.4) is 0 Å². The Kier molecular flexibility index (Phi) is 3.07. The molecule has 1 saturated heterocycles. The first-order chi connectivity index (χ1) is 8.77. The summed E-state index contributed by atoms with van der Waals surface area (Å²) in [5.74, 6) is 0.861. The van der Waals surface area contributed by atoms with Crippen molar-refractivity contribution >= 4 is 5.95 Å². The van der Waals surface area contributed by atoms with E-state index in [4.69, 9.17) is 4.98 Å². The normalized spacial score (nSPS) is 19.7. The Labute approximate surface area is 107 Å². The molecule has 2 aliphatic rings. The molecule has 5 heteroatoms. The van der Waals surface area contributed by atoms with Gasteiger partial charge in [-0.05, 0) is 19.3 Å². The highest BCUT2D eigenvalue weighted by molar-refractivity contribution is 5.36. The molecule has 0 unspecified atom stereocenters. The second-order valence-corrected chi connectivity index (χ2v) is 5.18. The molecular weight excluding hydrogens is 228 g/mol. The van der Waals surface area contributed by atoms with Gasteiger partial charge in [0.1, 0.15) is 0 Å². The maximum absolute atomic E-state index is 12.3. The van der Waals surface area contributed by atoms with E-state index < -0.39 is 0 Å². The van der Waals surface area contributed by atoms with E-state index in [-0.39, 0.29) is 5.56 Å². The Morgan fingerprint density at radius 3 is 2.78 bits per heavy atom. The largest absolute Gasteiger partial charge is 0.342 e. The number of hydrogen-bond donors (Lipinski definition) is 1. The van der Waals surface area contributed by atoms with Crippen molar-refractivity contribution in [3.63, 3.8) is 0 Å². The Balaban J connectivity index is 2.04. The van der Waals surface area contributed by atoms with Crippen molar-refractivity contribution < 1.29 is 0 Å². The lowest BCUT2D eigenvalue weighted by atomic mass is 10.1. The van der Waals surface area contributed by atoms with Gasteiger partial charge >= 0.3 is 0 Å². The van der Waals surface area contributed by atoms with Crippen LogP contribution in [0.25, 0.3) is 0 Å². The Morgan fingerprint density at radius 2 is 2.00 bits per heavy atom. The van der Waals surface area contributed by atoms with Crippen molar-refractivity contribution in [2.24, 2.45) is 7.05 Å². The van der Waals surface area contributed by atoms with E-state index in [0.717, 1.165) is 43.3 Å². The summed E-state index contributed by atoms with van der Waals surface area (Å²) in [6.45, 7) is 3.64. The third kappa shape index (κ3) is 1.92. The molecule has 2 aliphatic heterocycles. The maximum atomic E-state index is 12.3. The summed E-state index contributed by atoms with van der Waals surface area (Å²) in [6.07, 6.45) is 4.56. The smallest absolute Gasteiger partial charge is 0.259 e. The number of fused-ring (bicyclic) bond motifs is 1. The maximum Gasteiger partial charge on any atom is 0.259 e. The van der Waals surface area contributed by atoms with E-state index >= 15 is 0 Å². The highest BCUT2D eigenvalue weighted by atomic mass is 16.1. The first-order valence-corrected chi connectivity index (χ1v) is 6.82. The Hall–Kier alpha value is -1.36. The third-order valence-corrected chi connectivity index (χ3v) is 3.93. The van der Waals surface area contributed by atoms with E-state index in [2.05, 4.69) is 10.2 Å². The van der Waals surface area contributed by atoms with Crippen LogP contribution in [0.4, 0.5) is 5.95 Å². The molecule has 0 aromatic carbocycles. The second-order valence-electron chi connectivity index (χ2n) is 5.18. The number of rotatable bonds is 1. The van der Waals surface area contributed by atoms with E-state index in [1.807, 2.05) is 7.05 Å². The predicted molar refractivity (Wildman–Crippen MR) is 71.0 cm³/mol. The minimum absolute atomic E-state index is 0.118. The predicted octanol–water partition coefficient (Wildman–Crippen LogP) is 0.416. The summed E-state index contributed by atoms with van der Waals surface area (Å²) in [7, 11) is 1.84. The Bertz CT molecular complexity index is 502. The highest BCUT2D eigenvalue weighted by Crippen LogP contribution is 2.18. The van der Waals surface area contributed by atoms with Crippen molar-refractivity contribution in [2.75, 3.05) is 24.5 Å². The lowest BCUT2D eigenvalue weighted by Crippen LogP contribution is -2.40. The van der Waals surface area contributed by atoms with Gasteiger partial charge in [0.05, 0.1) is 11.3 Å². The zero-order chi connectivity index (χ0) is 12.5. The molecule has 0 spiro atoms. The van der Waals surface area contributed by atoms with Crippen LogP contribution in [0.15, 0.2) is 4.79 Å². The topological polar surface area (TPSA) is 50.2 Å². The number of hydrogen-bond acceptors (Lipinski definition) is 4. The van der Waals surface area contributed by atoms with Gasteiger partial charge in [-0.3, -0.25) is 9.36 Å². The van der Waals surface area contributed by atoms with Gasteiger partial charge in [0.15, 0.2) is 0 Å². The molecule has 0 atom stereocenters. The molecule has 1 fully saturated rings. The molecule has 0 amide bonds. The molecule has 3 heterocycles. The number of nitrogens with one attached hydrogen (secondary N) is 1. The van der Waals surface area contributed by atoms with Crippen LogP contribution in [-0.4, -0.2) is 29.2 Å². The van der Waals surface area contributed by atoms with Gasteiger partial charge in [-0.15, -0.1) is 0 Å². The standard InChI is InChI=1S/C13H20N4O/c1-16-12(18)10-9-14-6-5-11(10)15-13(16)17-7-3-2-4-8-17/h14H,2-9H2,1H3. The fraction of sp³-hybridized carbons (Fsp3) is 0.692. The molecule has 0 radical (unpaired) electrons. The minimum Gasteiger partial charge on any atom is -0.342 e. The van der Waals surface area contributed by atoms with Crippen molar-refractivity contribution in [1.29, 1.82) is 0 Å². The lowest BCUT2D eigenvalue weighted by molar-refractivity contribution is 0.545. The summed E-state index contributed by atoms with van der Waals surface area (Å²) in [6, 6.07) is 0. The molecule has 3 rings (SSSR count). The van der Waals surface area contributed by atoms with Gasteiger partial charge in [-0.1, -0.05) is 0 Å². The van der Waals surface area contributed by atoms with Crippen LogP contribution >= 0.6 is 0 Å². The van der Waals surface area contributed by atoms with Crippen molar-refractivity contribution in [3.05, 3.63) is 21.6 Å². The van der Waals surface area contributed by atoms with Gasteiger partial charge in [-0.2, -0.15) is 0 Å². The van der Waals surface area contributed by atoms with Crippen molar-refractivity contribution in [3.8, 4) is 0 Å².